The minimum absolute atomic E-state index is 0.0397. The third-order valence-corrected chi connectivity index (χ3v) is 2.97. The highest BCUT2D eigenvalue weighted by atomic mass is 16.5. The molecule has 18 heavy (non-hydrogen) atoms. The highest BCUT2D eigenvalue weighted by molar-refractivity contribution is 5.77. The van der Waals surface area contributed by atoms with Crippen molar-refractivity contribution in [2.24, 2.45) is 5.84 Å². The van der Waals surface area contributed by atoms with E-state index in [1.807, 2.05) is 37.3 Å². The number of rotatable bonds is 7. The van der Waals surface area contributed by atoms with Gasteiger partial charge >= 0.3 is 0 Å². The van der Waals surface area contributed by atoms with Gasteiger partial charge in [0, 0.05) is 18.6 Å². The van der Waals surface area contributed by atoms with Gasteiger partial charge < -0.3 is 9.15 Å². The summed E-state index contributed by atoms with van der Waals surface area (Å²) >= 11 is 0. The molecule has 0 aliphatic heterocycles. The van der Waals surface area contributed by atoms with Gasteiger partial charge in [0.1, 0.15) is 11.3 Å². The van der Waals surface area contributed by atoms with Crippen LogP contribution in [0.3, 0.4) is 0 Å². The van der Waals surface area contributed by atoms with Gasteiger partial charge in [0.25, 0.3) is 0 Å². The fourth-order valence-corrected chi connectivity index (χ4v) is 2.02. The monoisotopic (exact) mass is 248 g/mol. The molecule has 2 aromatic rings. The quantitative estimate of drug-likeness (QED) is 0.449. The number of nitrogens with one attached hydrogen (secondary N) is 1. The summed E-state index contributed by atoms with van der Waals surface area (Å²) in [7, 11) is 0. The van der Waals surface area contributed by atoms with Crippen LogP contribution in [-0.2, 0) is 4.74 Å². The smallest absolute Gasteiger partial charge is 0.134 e. The summed E-state index contributed by atoms with van der Waals surface area (Å²) in [6.45, 7) is 3.51. The largest absolute Gasteiger partial charge is 0.459 e. The van der Waals surface area contributed by atoms with E-state index in [-0.39, 0.29) is 6.04 Å². The Morgan fingerprint density at radius 3 is 2.94 bits per heavy atom. The maximum atomic E-state index is 5.79. The SMILES string of the molecule is CCOCCCC(NN)c1cc2ccccc2o1. The number of hydrogen-bond donors (Lipinski definition) is 2. The lowest BCUT2D eigenvalue weighted by Gasteiger charge is -2.12. The number of furan rings is 1. The molecule has 1 atom stereocenters. The third-order valence-electron chi connectivity index (χ3n) is 2.97. The number of hydrogen-bond acceptors (Lipinski definition) is 4. The van der Waals surface area contributed by atoms with Crippen LogP contribution in [0.25, 0.3) is 11.0 Å². The predicted octanol–water partition coefficient (Wildman–Crippen LogP) is 2.75. The molecule has 4 nitrogen and oxygen atoms in total. The molecule has 0 spiro atoms. The number of para-hydroxylation sites is 1. The van der Waals surface area contributed by atoms with Crippen LogP contribution in [0, 0.1) is 0 Å². The molecule has 1 heterocycles. The van der Waals surface area contributed by atoms with Crippen LogP contribution in [0.2, 0.25) is 0 Å². The zero-order chi connectivity index (χ0) is 12.8. The highest BCUT2D eigenvalue weighted by Crippen LogP contribution is 2.25. The van der Waals surface area contributed by atoms with E-state index in [9.17, 15) is 0 Å². The number of fused-ring (bicyclic) bond motifs is 1. The maximum absolute atomic E-state index is 5.79. The topological polar surface area (TPSA) is 60.4 Å². The van der Waals surface area contributed by atoms with Crippen molar-refractivity contribution in [1.82, 2.24) is 5.43 Å². The highest BCUT2D eigenvalue weighted by Gasteiger charge is 2.14. The lowest BCUT2D eigenvalue weighted by atomic mass is 10.1. The van der Waals surface area contributed by atoms with Gasteiger partial charge in [-0.05, 0) is 31.9 Å². The van der Waals surface area contributed by atoms with E-state index in [0.717, 1.165) is 42.8 Å². The Labute approximate surface area is 107 Å². The van der Waals surface area contributed by atoms with E-state index in [1.54, 1.807) is 0 Å². The molecule has 1 aromatic heterocycles. The maximum Gasteiger partial charge on any atom is 0.134 e. The van der Waals surface area contributed by atoms with Crippen molar-refractivity contribution in [3.05, 3.63) is 36.1 Å². The molecule has 98 valence electrons. The first-order valence-corrected chi connectivity index (χ1v) is 6.37. The third kappa shape index (κ3) is 3.10. The molecule has 1 aromatic carbocycles. The fourth-order valence-electron chi connectivity index (χ4n) is 2.02. The van der Waals surface area contributed by atoms with Crippen molar-refractivity contribution in [2.45, 2.75) is 25.8 Å². The minimum atomic E-state index is 0.0397. The van der Waals surface area contributed by atoms with Gasteiger partial charge in [0.15, 0.2) is 0 Å². The number of hydrazine groups is 1. The van der Waals surface area contributed by atoms with E-state index in [1.165, 1.54) is 0 Å². The number of ether oxygens (including phenoxy) is 1. The Bertz CT molecular complexity index is 448. The van der Waals surface area contributed by atoms with Crippen molar-refractivity contribution in [2.75, 3.05) is 13.2 Å². The Morgan fingerprint density at radius 2 is 2.22 bits per heavy atom. The van der Waals surface area contributed by atoms with Crippen LogP contribution in [-0.4, -0.2) is 13.2 Å². The first kappa shape index (κ1) is 13.1. The lowest BCUT2D eigenvalue weighted by molar-refractivity contribution is 0.140. The molecule has 0 bridgehead atoms. The molecule has 2 rings (SSSR count). The molecule has 4 heteroatoms. The van der Waals surface area contributed by atoms with Gasteiger partial charge in [-0.2, -0.15) is 0 Å². The van der Waals surface area contributed by atoms with Crippen molar-refractivity contribution < 1.29 is 9.15 Å². The lowest BCUT2D eigenvalue weighted by Crippen LogP contribution is -2.27. The zero-order valence-corrected chi connectivity index (χ0v) is 10.7. The molecule has 0 saturated carbocycles. The second-order valence-corrected chi connectivity index (χ2v) is 4.24. The Hall–Kier alpha value is -1.36. The van der Waals surface area contributed by atoms with Crippen LogP contribution >= 0.6 is 0 Å². The van der Waals surface area contributed by atoms with Gasteiger partial charge in [-0.3, -0.25) is 5.84 Å². The molecule has 0 amide bonds. The van der Waals surface area contributed by atoms with Crippen molar-refractivity contribution in [3.63, 3.8) is 0 Å². The van der Waals surface area contributed by atoms with Crippen LogP contribution in [0.15, 0.2) is 34.7 Å². The first-order chi connectivity index (χ1) is 8.85. The molecular formula is C14H20N2O2. The molecule has 1 unspecified atom stereocenters. The average Bonchev–Trinajstić information content (AvgIpc) is 2.82. The van der Waals surface area contributed by atoms with Crippen molar-refractivity contribution in [1.29, 1.82) is 0 Å². The summed E-state index contributed by atoms with van der Waals surface area (Å²) in [6.07, 6.45) is 1.86. The van der Waals surface area contributed by atoms with Crippen LogP contribution in [0.5, 0.6) is 0 Å². The molecule has 0 radical (unpaired) electrons. The minimum Gasteiger partial charge on any atom is -0.459 e. The Balaban J connectivity index is 2.02. The first-order valence-electron chi connectivity index (χ1n) is 6.37. The second kappa shape index (κ2) is 6.54. The average molecular weight is 248 g/mol. The number of nitrogens with two attached hydrogens (primary N) is 1. The Morgan fingerprint density at radius 1 is 1.39 bits per heavy atom. The summed E-state index contributed by atoms with van der Waals surface area (Å²) in [4.78, 5) is 0. The Kier molecular flexibility index (Phi) is 4.75. The summed E-state index contributed by atoms with van der Waals surface area (Å²) in [5, 5.41) is 1.11. The zero-order valence-electron chi connectivity index (χ0n) is 10.7. The fraction of sp³-hybridized carbons (Fsp3) is 0.429. The second-order valence-electron chi connectivity index (χ2n) is 4.24. The van der Waals surface area contributed by atoms with Crippen molar-refractivity contribution >= 4 is 11.0 Å². The number of benzene rings is 1. The summed E-state index contributed by atoms with van der Waals surface area (Å²) in [5.41, 5.74) is 3.71. The van der Waals surface area contributed by atoms with Crippen LogP contribution in [0.4, 0.5) is 0 Å². The molecular weight excluding hydrogens is 228 g/mol. The summed E-state index contributed by atoms with van der Waals surface area (Å²) < 4.78 is 11.1. The summed E-state index contributed by atoms with van der Waals surface area (Å²) in [5.74, 6) is 6.47. The van der Waals surface area contributed by atoms with Gasteiger partial charge in [-0.1, -0.05) is 18.2 Å². The predicted molar refractivity (Wildman–Crippen MR) is 72.0 cm³/mol. The van der Waals surface area contributed by atoms with Gasteiger partial charge in [0.2, 0.25) is 0 Å². The normalized spacial score (nSPS) is 13.0. The van der Waals surface area contributed by atoms with Gasteiger partial charge in [-0.15, -0.1) is 0 Å². The molecule has 0 aliphatic rings. The van der Waals surface area contributed by atoms with Gasteiger partial charge in [0.05, 0.1) is 6.04 Å². The van der Waals surface area contributed by atoms with Crippen LogP contribution < -0.4 is 11.3 Å². The van der Waals surface area contributed by atoms with Gasteiger partial charge in [-0.25, -0.2) is 5.43 Å². The van der Waals surface area contributed by atoms with E-state index < -0.39 is 0 Å². The summed E-state index contributed by atoms with van der Waals surface area (Å²) in [6, 6.07) is 10.1. The molecule has 0 fully saturated rings. The molecule has 0 saturated heterocycles. The standard InChI is InChI=1S/C14H20N2O2/c1-2-17-9-5-7-12(16-15)14-10-11-6-3-4-8-13(11)18-14/h3-4,6,8,10,12,16H,2,5,7,9,15H2,1H3. The van der Waals surface area contributed by atoms with Crippen LogP contribution in [0.1, 0.15) is 31.6 Å². The van der Waals surface area contributed by atoms with E-state index in [2.05, 4.69) is 5.43 Å². The molecule has 3 N–H and O–H groups in total. The van der Waals surface area contributed by atoms with E-state index in [0.29, 0.717) is 0 Å². The van der Waals surface area contributed by atoms with E-state index >= 15 is 0 Å². The van der Waals surface area contributed by atoms with E-state index in [4.69, 9.17) is 15.0 Å². The van der Waals surface area contributed by atoms with Crippen molar-refractivity contribution in [3.8, 4) is 0 Å². The molecule has 0 aliphatic carbocycles.